The van der Waals surface area contributed by atoms with Gasteiger partial charge in [0.15, 0.2) is 6.23 Å². The molecule has 1 saturated heterocycles. The maximum absolute atomic E-state index is 12.8. The molecule has 1 fully saturated rings. The van der Waals surface area contributed by atoms with Crippen LogP contribution in [0.2, 0.25) is 0 Å². The molecule has 2 rings (SSSR count). The van der Waals surface area contributed by atoms with Gasteiger partial charge in [-0.15, -0.1) is 0 Å². The summed E-state index contributed by atoms with van der Waals surface area (Å²) < 4.78 is 41.9. The molecule has 1 N–H and O–H groups in total. The van der Waals surface area contributed by atoms with Crippen molar-refractivity contribution in [1.29, 1.82) is 0 Å². The van der Waals surface area contributed by atoms with Crippen LogP contribution in [0.25, 0.3) is 0 Å². The minimum absolute atomic E-state index is 0.0299. The molecule has 0 aliphatic carbocycles. The monoisotopic (exact) mass is 373 g/mol. The molecule has 0 radical (unpaired) electrons. The fourth-order valence-electron chi connectivity index (χ4n) is 2.78. The maximum atomic E-state index is 12.8. The number of nitrogens with zero attached hydrogens (tertiary/aromatic N) is 2. The van der Waals surface area contributed by atoms with Crippen molar-refractivity contribution in [3.63, 3.8) is 0 Å². The molecule has 1 heterocycles. The molecular weight excluding hydrogens is 351 g/mol. The lowest BCUT2D eigenvalue weighted by atomic mass is 10.2. The topological polar surface area (TPSA) is 61.9 Å². The molecule has 1 aromatic rings. The number of alkyl halides is 3. The average molecular weight is 373 g/mol. The van der Waals surface area contributed by atoms with Crippen LogP contribution < -0.4 is 10.2 Å². The number of amides is 1. The lowest BCUT2D eigenvalue weighted by Crippen LogP contribution is -2.57. The number of halogens is 3. The minimum Gasteiger partial charge on any atom is -0.438 e. The van der Waals surface area contributed by atoms with Gasteiger partial charge < -0.3 is 15.0 Å². The molecule has 1 aromatic carbocycles. The van der Waals surface area contributed by atoms with Gasteiger partial charge in [0.25, 0.3) is 0 Å². The summed E-state index contributed by atoms with van der Waals surface area (Å²) >= 11 is 0. The number of carbonyl (C=O) groups excluding carboxylic acids is 2. The number of hydrogen-bond acceptors (Lipinski definition) is 5. The third-order valence-corrected chi connectivity index (χ3v) is 3.93. The van der Waals surface area contributed by atoms with E-state index in [0.717, 1.165) is 0 Å². The van der Waals surface area contributed by atoms with Gasteiger partial charge in [0, 0.05) is 31.4 Å². The second kappa shape index (κ2) is 8.50. The van der Waals surface area contributed by atoms with Crippen molar-refractivity contribution in [3.8, 4) is 0 Å². The van der Waals surface area contributed by atoms with Crippen LogP contribution in [-0.4, -0.2) is 61.4 Å². The summed E-state index contributed by atoms with van der Waals surface area (Å²) in [5.74, 6) is -2.53. The molecule has 1 aliphatic rings. The molecule has 144 valence electrons. The first-order chi connectivity index (χ1) is 12.2. The van der Waals surface area contributed by atoms with Gasteiger partial charge in [0.05, 0.1) is 6.54 Å². The quantitative estimate of drug-likeness (QED) is 0.797. The Hall–Kier alpha value is -2.13. The number of hydrogen-bond donors (Lipinski definition) is 1. The molecule has 0 aromatic heterocycles. The number of benzene rings is 1. The van der Waals surface area contributed by atoms with Crippen molar-refractivity contribution in [2.45, 2.75) is 32.3 Å². The number of esters is 1. The number of piperazine rings is 1. The van der Waals surface area contributed by atoms with Crippen LogP contribution in [0.3, 0.4) is 0 Å². The van der Waals surface area contributed by atoms with E-state index >= 15 is 0 Å². The molecule has 0 spiro atoms. The SMILES string of the molecule is CC(C)N(C(=O)CN1CCNCC1OC(=O)C(F)(F)F)c1ccccc1. The third kappa shape index (κ3) is 5.18. The van der Waals surface area contributed by atoms with Gasteiger partial charge in [-0.25, -0.2) is 4.79 Å². The molecule has 1 atom stereocenters. The van der Waals surface area contributed by atoms with Gasteiger partial charge in [-0.2, -0.15) is 13.2 Å². The van der Waals surface area contributed by atoms with Crippen LogP contribution in [0.4, 0.5) is 18.9 Å². The highest BCUT2D eigenvalue weighted by molar-refractivity contribution is 5.95. The van der Waals surface area contributed by atoms with Crippen molar-refractivity contribution in [1.82, 2.24) is 10.2 Å². The van der Waals surface area contributed by atoms with E-state index in [1.165, 1.54) is 4.90 Å². The van der Waals surface area contributed by atoms with Crippen molar-refractivity contribution >= 4 is 17.6 Å². The Morgan fingerprint density at radius 1 is 1.31 bits per heavy atom. The summed E-state index contributed by atoms with van der Waals surface area (Å²) in [7, 11) is 0. The summed E-state index contributed by atoms with van der Waals surface area (Å²) in [6.45, 7) is 4.36. The van der Waals surface area contributed by atoms with E-state index in [0.29, 0.717) is 18.8 Å². The molecule has 1 aliphatic heterocycles. The maximum Gasteiger partial charge on any atom is 0.490 e. The van der Waals surface area contributed by atoms with E-state index in [1.807, 2.05) is 19.9 Å². The van der Waals surface area contributed by atoms with E-state index in [1.54, 1.807) is 29.2 Å². The molecule has 6 nitrogen and oxygen atoms in total. The molecule has 9 heteroatoms. The molecular formula is C17H22F3N3O3. The summed E-state index contributed by atoms with van der Waals surface area (Å²) in [5, 5.41) is 2.87. The van der Waals surface area contributed by atoms with E-state index in [2.05, 4.69) is 10.1 Å². The van der Waals surface area contributed by atoms with Crippen molar-refractivity contribution in [2.24, 2.45) is 0 Å². The standard InChI is InChI=1S/C17H22F3N3O3/c1-12(2)23(13-6-4-3-5-7-13)14(24)11-22-9-8-21-10-15(22)26-16(25)17(18,19)20/h3-7,12,15,21H,8-11H2,1-2H3. The van der Waals surface area contributed by atoms with Crippen molar-refractivity contribution in [2.75, 3.05) is 31.1 Å². The fraction of sp³-hybridized carbons (Fsp3) is 0.529. The van der Waals surface area contributed by atoms with E-state index < -0.39 is 18.4 Å². The molecule has 0 bridgehead atoms. The fourth-order valence-corrected chi connectivity index (χ4v) is 2.78. The van der Waals surface area contributed by atoms with Gasteiger partial charge in [-0.3, -0.25) is 9.69 Å². The first-order valence-corrected chi connectivity index (χ1v) is 8.30. The second-order valence-electron chi connectivity index (χ2n) is 6.23. The van der Waals surface area contributed by atoms with Crippen LogP contribution >= 0.6 is 0 Å². The van der Waals surface area contributed by atoms with Gasteiger partial charge in [-0.05, 0) is 26.0 Å². The molecule has 0 saturated carbocycles. The van der Waals surface area contributed by atoms with Gasteiger partial charge in [-0.1, -0.05) is 18.2 Å². The predicted molar refractivity (Wildman–Crippen MR) is 89.4 cm³/mol. The third-order valence-electron chi connectivity index (χ3n) is 3.93. The van der Waals surface area contributed by atoms with Crippen molar-refractivity contribution < 1.29 is 27.5 Å². The highest BCUT2D eigenvalue weighted by atomic mass is 19.4. The van der Waals surface area contributed by atoms with E-state index in [-0.39, 0.29) is 25.0 Å². The molecule has 1 amide bonds. The van der Waals surface area contributed by atoms with Crippen molar-refractivity contribution in [3.05, 3.63) is 30.3 Å². The lowest BCUT2D eigenvalue weighted by Gasteiger charge is -2.37. The highest BCUT2D eigenvalue weighted by Gasteiger charge is 2.43. The van der Waals surface area contributed by atoms with Crippen LogP contribution in [0.1, 0.15) is 13.8 Å². The number of rotatable bonds is 5. The summed E-state index contributed by atoms with van der Waals surface area (Å²) in [5.41, 5.74) is 0.700. The normalized spacial score (nSPS) is 18.6. The highest BCUT2D eigenvalue weighted by Crippen LogP contribution is 2.20. The van der Waals surface area contributed by atoms with E-state index in [4.69, 9.17) is 0 Å². The predicted octanol–water partition coefficient (Wildman–Crippen LogP) is 1.76. The summed E-state index contributed by atoms with van der Waals surface area (Å²) in [4.78, 5) is 26.9. The zero-order valence-corrected chi connectivity index (χ0v) is 14.6. The number of anilines is 1. The smallest absolute Gasteiger partial charge is 0.438 e. The number of para-hydroxylation sites is 1. The van der Waals surface area contributed by atoms with Gasteiger partial charge in [0.2, 0.25) is 5.91 Å². The first-order valence-electron chi connectivity index (χ1n) is 8.30. The first kappa shape index (κ1) is 20.2. The van der Waals surface area contributed by atoms with Crippen LogP contribution in [0.5, 0.6) is 0 Å². The van der Waals surface area contributed by atoms with Gasteiger partial charge >= 0.3 is 12.1 Å². The molecule has 1 unspecified atom stereocenters. The summed E-state index contributed by atoms with van der Waals surface area (Å²) in [6.07, 6.45) is -6.21. The zero-order valence-electron chi connectivity index (χ0n) is 14.6. The second-order valence-corrected chi connectivity index (χ2v) is 6.23. The molecule has 26 heavy (non-hydrogen) atoms. The van der Waals surface area contributed by atoms with E-state index in [9.17, 15) is 22.8 Å². The van der Waals surface area contributed by atoms with Crippen LogP contribution in [0, 0.1) is 0 Å². The number of nitrogens with one attached hydrogen (secondary N) is 1. The number of ether oxygens (including phenoxy) is 1. The number of carbonyl (C=O) groups is 2. The average Bonchev–Trinajstić information content (AvgIpc) is 2.56. The zero-order chi connectivity index (χ0) is 19.3. The lowest BCUT2D eigenvalue weighted by molar-refractivity contribution is -0.213. The van der Waals surface area contributed by atoms with Crippen LogP contribution in [-0.2, 0) is 14.3 Å². The van der Waals surface area contributed by atoms with Crippen LogP contribution in [0.15, 0.2) is 30.3 Å². The Morgan fingerprint density at radius 3 is 2.54 bits per heavy atom. The Bertz CT molecular complexity index is 623. The Labute approximate surface area is 149 Å². The summed E-state index contributed by atoms with van der Waals surface area (Å²) in [6, 6.07) is 8.88. The Morgan fingerprint density at radius 2 is 1.96 bits per heavy atom. The minimum atomic E-state index is -5.07. The Balaban J connectivity index is 2.10. The van der Waals surface area contributed by atoms with Gasteiger partial charge in [0.1, 0.15) is 0 Å². The largest absolute Gasteiger partial charge is 0.490 e. The Kier molecular flexibility index (Phi) is 6.60.